The summed E-state index contributed by atoms with van der Waals surface area (Å²) in [4.78, 5) is 16.6. The number of rotatable bonds is 6. The average molecular weight is 272 g/mol. The number of fused-ring (bicyclic) bond motifs is 1. The molecule has 1 fully saturated rings. The van der Waals surface area contributed by atoms with Gasteiger partial charge in [-0.3, -0.25) is 9.78 Å². The Balaban J connectivity index is 1.44. The van der Waals surface area contributed by atoms with E-state index in [-0.39, 0.29) is 0 Å². The van der Waals surface area contributed by atoms with Gasteiger partial charge in [0.05, 0.1) is 0 Å². The molecule has 20 heavy (non-hydrogen) atoms. The Morgan fingerprint density at radius 2 is 2.10 bits per heavy atom. The van der Waals surface area contributed by atoms with E-state index in [0.717, 1.165) is 45.2 Å². The molecule has 108 valence electrons. The number of hydrogen-bond acceptors (Lipinski definition) is 3. The lowest BCUT2D eigenvalue weighted by atomic mass is 9.94. The minimum atomic E-state index is 0.425. The van der Waals surface area contributed by atoms with Gasteiger partial charge in [0.1, 0.15) is 5.78 Å². The molecule has 3 rings (SSSR count). The van der Waals surface area contributed by atoms with Crippen LogP contribution in [-0.4, -0.2) is 23.9 Å². The number of nitrogens with one attached hydrogen (secondary N) is 1. The Kier molecular flexibility index (Phi) is 4.46. The molecular formula is C17H24N2O. The topological polar surface area (TPSA) is 42.0 Å². The summed E-state index contributed by atoms with van der Waals surface area (Å²) in [7, 11) is 0. The Morgan fingerprint density at radius 1 is 1.25 bits per heavy atom. The van der Waals surface area contributed by atoms with Crippen molar-refractivity contribution in [3.05, 3.63) is 29.1 Å². The molecule has 0 unspecified atom stereocenters. The monoisotopic (exact) mass is 272 g/mol. The van der Waals surface area contributed by atoms with E-state index >= 15 is 0 Å². The number of Topliss-reactive ketones (excluding diaryl/α,β-unsaturated/α-hetero) is 1. The maximum absolute atomic E-state index is 11.8. The van der Waals surface area contributed by atoms with E-state index in [1.165, 1.54) is 36.2 Å². The van der Waals surface area contributed by atoms with Gasteiger partial charge >= 0.3 is 0 Å². The number of aryl methyl sites for hydroxylation is 3. The number of nitrogens with zero attached hydrogens (tertiary/aromatic N) is 1. The zero-order valence-corrected chi connectivity index (χ0v) is 12.2. The van der Waals surface area contributed by atoms with Crippen molar-refractivity contribution in [3.63, 3.8) is 0 Å². The van der Waals surface area contributed by atoms with E-state index in [2.05, 4.69) is 17.4 Å². The SMILES string of the molecule is O=C(CCCc1ccc2c(n1)CCCC2)CC1CNC1. The first-order valence-corrected chi connectivity index (χ1v) is 8.01. The molecule has 0 aromatic carbocycles. The Bertz CT molecular complexity index is 480. The van der Waals surface area contributed by atoms with Crippen LogP contribution in [0.1, 0.15) is 49.1 Å². The summed E-state index contributed by atoms with van der Waals surface area (Å²) < 4.78 is 0. The predicted octanol–water partition coefficient (Wildman–Crippen LogP) is 2.46. The van der Waals surface area contributed by atoms with Crippen LogP contribution in [0.25, 0.3) is 0 Å². The van der Waals surface area contributed by atoms with Crippen molar-refractivity contribution >= 4 is 5.78 Å². The summed E-state index contributed by atoms with van der Waals surface area (Å²) in [6.07, 6.45) is 8.29. The highest BCUT2D eigenvalue weighted by atomic mass is 16.1. The van der Waals surface area contributed by atoms with Crippen LogP contribution in [0.2, 0.25) is 0 Å². The van der Waals surface area contributed by atoms with Gasteiger partial charge in [-0.25, -0.2) is 0 Å². The highest BCUT2D eigenvalue weighted by Gasteiger charge is 2.19. The van der Waals surface area contributed by atoms with Crippen LogP contribution in [0.3, 0.4) is 0 Å². The minimum Gasteiger partial charge on any atom is -0.316 e. The van der Waals surface area contributed by atoms with Gasteiger partial charge in [-0.2, -0.15) is 0 Å². The molecule has 1 N–H and O–H groups in total. The highest BCUT2D eigenvalue weighted by Crippen LogP contribution is 2.20. The summed E-state index contributed by atoms with van der Waals surface area (Å²) in [5.74, 6) is 1.03. The van der Waals surface area contributed by atoms with Crippen LogP contribution in [-0.2, 0) is 24.1 Å². The average Bonchev–Trinajstić information content (AvgIpc) is 2.43. The lowest BCUT2D eigenvalue weighted by Crippen LogP contribution is -2.42. The molecule has 1 aliphatic heterocycles. The second-order valence-electron chi connectivity index (χ2n) is 6.24. The van der Waals surface area contributed by atoms with E-state index < -0.39 is 0 Å². The molecule has 0 saturated carbocycles. The van der Waals surface area contributed by atoms with Gasteiger partial charge in [-0.1, -0.05) is 6.07 Å². The number of pyridine rings is 1. The molecule has 0 amide bonds. The van der Waals surface area contributed by atoms with Gasteiger partial charge in [-0.05, 0) is 69.2 Å². The number of ketones is 1. The van der Waals surface area contributed by atoms with Crippen LogP contribution >= 0.6 is 0 Å². The van der Waals surface area contributed by atoms with Crippen molar-refractivity contribution in [2.45, 2.75) is 51.4 Å². The summed E-state index contributed by atoms with van der Waals surface area (Å²) in [5.41, 5.74) is 3.91. The number of carbonyl (C=O) groups excluding carboxylic acids is 1. The Labute approximate surface area is 121 Å². The van der Waals surface area contributed by atoms with Crippen molar-refractivity contribution in [2.75, 3.05) is 13.1 Å². The summed E-state index contributed by atoms with van der Waals surface area (Å²) in [6.45, 7) is 2.05. The summed E-state index contributed by atoms with van der Waals surface area (Å²) in [6, 6.07) is 4.41. The third kappa shape index (κ3) is 3.45. The molecule has 2 aliphatic rings. The van der Waals surface area contributed by atoms with Crippen molar-refractivity contribution in [1.82, 2.24) is 10.3 Å². The summed E-state index contributed by atoms with van der Waals surface area (Å²) >= 11 is 0. The molecule has 1 aromatic rings. The van der Waals surface area contributed by atoms with Gasteiger partial charge in [0, 0.05) is 24.2 Å². The zero-order chi connectivity index (χ0) is 13.8. The lowest BCUT2D eigenvalue weighted by Gasteiger charge is -2.26. The van der Waals surface area contributed by atoms with E-state index in [1.807, 2.05) is 0 Å². The number of aromatic nitrogens is 1. The Morgan fingerprint density at radius 3 is 2.90 bits per heavy atom. The van der Waals surface area contributed by atoms with E-state index in [9.17, 15) is 4.79 Å². The van der Waals surface area contributed by atoms with Crippen molar-refractivity contribution in [3.8, 4) is 0 Å². The first-order chi connectivity index (χ1) is 9.81. The highest BCUT2D eigenvalue weighted by molar-refractivity contribution is 5.78. The molecule has 3 nitrogen and oxygen atoms in total. The fraction of sp³-hybridized carbons (Fsp3) is 0.647. The molecule has 2 heterocycles. The molecular weight excluding hydrogens is 248 g/mol. The normalized spacial score (nSPS) is 18.4. The molecule has 0 spiro atoms. The van der Waals surface area contributed by atoms with Crippen molar-refractivity contribution in [2.24, 2.45) is 5.92 Å². The van der Waals surface area contributed by atoms with Gasteiger partial charge in [0.2, 0.25) is 0 Å². The fourth-order valence-electron chi connectivity index (χ4n) is 3.15. The maximum atomic E-state index is 11.8. The quantitative estimate of drug-likeness (QED) is 0.865. The molecule has 1 aliphatic carbocycles. The molecule has 1 saturated heterocycles. The zero-order valence-electron chi connectivity index (χ0n) is 12.2. The van der Waals surface area contributed by atoms with E-state index in [4.69, 9.17) is 4.98 Å². The maximum Gasteiger partial charge on any atom is 0.133 e. The number of hydrogen-bond donors (Lipinski definition) is 1. The third-order valence-electron chi connectivity index (χ3n) is 4.51. The van der Waals surface area contributed by atoms with Gasteiger partial charge in [0.15, 0.2) is 0 Å². The second kappa shape index (κ2) is 6.49. The number of carbonyl (C=O) groups is 1. The van der Waals surface area contributed by atoms with Gasteiger partial charge in [0.25, 0.3) is 0 Å². The molecule has 3 heteroatoms. The standard InChI is InChI=1S/C17H24N2O/c20-16(10-13-11-18-12-13)6-3-5-15-9-8-14-4-1-2-7-17(14)19-15/h8-9,13,18H,1-7,10-12H2. The van der Waals surface area contributed by atoms with E-state index in [1.54, 1.807) is 0 Å². The summed E-state index contributed by atoms with van der Waals surface area (Å²) in [5, 5.41) is 3.22. The fourth-order valence-corrected chi connectivity index (χ4v) is 3.15. The van der Waals surface area contributed by atoms with E-state index in [0.29, 0.717) is 11.7 Å². The molecule has 0 atom stereocenters. The van der Waals surface area contributed by atoms with Crippen molar-refractivity contribution < 1.29 is 4.79 Å². The smallest absolute Gasteiger partial charge is 0.133 e. The molecule has 0 radical (unpaired) electrons. The molecule has 1 aromatic heterocycles. The van der Waals surface area contributed by atoms with Crippen LogP contribution in [0.5, 0.6) is 0 Å². The van der Waals surface area contributed by atoms with Gasteiger partial charge < -0.3 is 5.32 Å². The predicted molar refractivity (Wildman–Crippen MR) is 79.8 cm³/mol. The van der Waals surface area contributed by atoms with Crippen LogP contribution in [0.15, 0.2) is 12.1 Å². The molecule has 0 bridgehead atoms. The lowest BCUT2D eigenvalue weighted by molar-refractivity contribution is -0.120. The first-order valence-electron chi connectivity index (χ1n) is 8.01. The van der Waals surface area contributed by atoms with Gasteiger partial charge in [-0.15, -0.1) is 0 Å². The second-order valence-corrected chi connectivity index (χ2v) is 6.24. The minimum absolute atomic E-state index is 0.425. The van der Waals surface area contributed by atoms with Crippen LogP contribution < -0.4 is 5.32 Å². The largest absolute Gasteiger partial charge is 0.316 e. The Hall–Kier alpha value is -1.22. The first kappa shape index (κ1) is 13.7. The van der Waals surface area contributed by atoms with Crippen molar-refractivity contribution in [1.29, 1.82) is 0 Å². The van der Waals surface area contributed by atoms with Crippen LogP contribution in [0, 0.1) is 5.92 Å². The van der Waals surface area contributed by atoms with Crippen LogP contribution in [0.4, 0.5) is 0 Å². The third-order valence-corrected chi connectivity index (χ3v) is 4.51.